The van der Waals surface area contributed by atoms with Crippen LogP contribution in [0.5, 0.6) is 0 Å². The van der Waals surface area contributed by atoms with Crippen molar-refractivity contribution in [1.82, 2.24) is 10.3 Å². The summed E-state index contributed by atoms with van der Waals surface area (Å²) in [5.41, 5.74) is 4.02. The molecule has 0 bridgehead atoms. The molecule has 1 amide bonds. The van der Waals surface area contributed by atoms with Crippen LogP contribution in [0.4, 0.5) is 0 Å². The molecule has 4 nitrogen and oxygen atoms in total. The standard InChI is InChI=1S/C21H24N2O2S/c1-21(2,3)16-7-4-14(5-8-16)10-11-22-20(25)15-6-9-18-17(12-15)23-19(13-24)26-18/h4-9,12,24H,10-11,13H2,1-3H3,(H,22,25). The fourth-order valence-corrected chi connectivity index (χ4v) is 3.59. The molecule has 3 aromatic rings. The second-order valence-corrected chi connectivity index (χ2v) is 8.52. The smallest absolute Gasteiger partial charge is 0.251 e. The summed E-state index contributed by atoms with van der Waals surface area (Å²) in [5, 5.41) is 12.8. The zero-order valence-corrected chi connectivity index (χ0v) is 16.2. The van der Waals surface area contributed by atoms with Gasteiger partial charge in [-0.3, -0.25) is 4.79 Å². The lowest BCUT2D eigenvalue weighted by atomic mass is 9.86. The summed E-state index contributed by atoms with van der Waals surface area (Å²) in [6, 6.07) is 14.0. The third-order valence-corrected chi connectivity index (χ3v) is 5.37. The molecule has 0 radical (unpaired) electrons. The Bertz CT molecular complexity index is 908. The van der Waals surface area contributed by atoms with E-state index < -0.39 is 0 Å². The number of rotatable bonds is 5. The van der Waals surface area contributed by atoms with Crippen LogP contribution in [0.25, 0.3) is 10.2 Å². The first-order valence-corrected chi connectivity index (χ1v) is 9.56. The number of thiazole rings is 1. The average Bonchev–Trinajstić information content (AvgIpc) is 3.03. The van der Waals surface area contributed by atoms with Gasteiger partial charge in [0, 0.05) is 12.1 Å². The van der Waals surface area contributed by atoms with Crippen molar-refractivity contribution in [3.63, 3.8) is 0 Å². The monoisotopic (exact) mass is 368 g/mol. The van der Waals surface area contributed by atoms with Gasteiger partial charge in [-0.25, -0.2) is 4.98 Å². The van der Waals surface area contributed by atoms with Crippen LogP contribution in [0.2, 0.25) is 0 Å². The summed E-state index contributed by atoms with van der Waals surface area (Å²) in [6.45, 7) is 7.11. The molecule has 136 valence electrons. The fourth-order valence-electron chi connectivity index (χ4n) is 2.78. The second kappa shape index (κ2) is 7.56. The van der Waals surface area contributed by atoms with Crippen LogP contribution in [0.3, 0.4) is 0 Å². The minimum atomic E-state index is -0.100. The topological polar surface area (TPSA) is 62.2 Å². The number of hydrogen-bond acceptors (Lipinski definition) is 4. The number of benzene rings is 2. The largest absolute Gasteiger partial charge is 0.389 e. The molecule has 0 aliphatic carbocycles. The van der Waals surface area contributed by atoms with E-state index in [-0.39, 0.29) is 17.9 Å². The minimum Gasteiger partial charge on any atom is -0.389 e. The van der Waals surface area contributed by atoms with Crippen molar-refractivity contribution in [1.29, 1.82) is 0 Å². The van der Waals surface area contributed by atoms with E-state index in [2.05, 4.69) is 55.3 Å². The van der Waals surface area contributed by atoms with Gasteiger partial charge in [0.25, 0.3) is 5.91 Å². The summed E-state index contributed by atoms with van der Waals surface area (Å²) >= 11 is 1.44. The Hall–Kier alpha value is -2.24. The molecule has 1 aromatic heterocycles. The van der Waals surface area contributed by atoms with Gasteiger partial charge in [-0.2, -0.15) is 0 Å². The van der Waals surface area contributed by atoms with Crippen molar-refractivity contribution < 1.29 is 9.90 Å². The molecule has 26 heavy (non-hydrogen) atoms. The Labute approximate surface area is 157 Å². The number of nitrogens with zero attached hydrogens (tertiary/aromatic N) is 1. The number of aliphatic hydroxyl groups is 1. The first kappa shape index (κ1) is 18.5. The number of aliphatic hydroxyl groups excluding tert-OH is 1. The molecule has 2 N–H and O–H groups in total. The van der Waals surface area contributed by atoms with E-state index in [4.69, 9.17) is 0 Å². The molecule has 2 aromatic carbocycles. The molecular weight excluding hydrogens is 344 g/mol. The molecule has 0 spiro atoms. The van der Waals surface area contributed by atoms with Gasteiger partial charge in [0.1, 0.15) is 5.01 Å². The summed E-state index contributed by atoms with van der Waals surface area (Å²) in [4.78, 5) is 16.7. The Morgan fingerprint density at radius 3 is 2.54 bits per heavy atom. The molecule has 3 rings (SSSR count). The van der Waals surface area contributed by atoms with E-state index in [0.717, 1.165) is 16.6 Å². The van der Waals surface area contributed by atoms with Gasteiger partial charge in [0.15, 0.2) is 0 Å². The summed E-state index contributed by atoms with van der Waals surface area (Å²) < 4.78 is 0.976. The Morgan fingerprint density at radius 2 is 1.88 bits per heavy atom. The average molecular weight is 369 g/mol. The van der Waals surface area contributed by atoms with Gasteiger partial charge < -0.3 is 10.4 Å². The quantitative estimate of drug-likeness (QED) is 0.714. The highest BCUT2D eigenvalue weighted by Crippen LogP contribution is 2.23. The number of nitrogens with one attached hydrogen (secondary N) is 1. The van der Waals surface area contributed by atoms with Crippen molar-refractivity contribution in [2.45, 2.75) is 39.2 Å². The lowest BCUT2D eigenvalue weighted by Crippen LogP contribution is -2.25. The van der Waals surface area contributed by atoms with Crippen LogP contribution < -0.4 is 5.32 Å². The van der Waals surface area contributed by atoms with Gasteiger partial charge in [0.05, 0.1) is 16.8 Å². The fraction of sp³-hybridized carbons (Fsp3) is 0.333. The molecule has 5 heteroatoms. The first-order valence-electron chi connectivity index (χ1n) is 8.75. The molecule has 0 saturated carbocycles. The maximum absolute atomic E-state index is 12.4. The van der Waals surface area contributed by atoms with Crippen LogP contribution >= 0.6 is 11.3 Å². The van der Waals surface area contributed by atoms with Crippen LogP contribution in [-0.2, 0) is 18.4 Å². The molecule has 0 aliphatic heterocycles. The summed E-state index contributed by atoms with van der Waals surface area (Å²) in [5.74, 6) is -0.100. The molecule has 1 heterocycles. The lowest BCUT2D eigenvalue weighted by Gasteiger charge is -2.19. The zero-order chi connectivity index (χ0) is 18.7. The second-order valence-electron chi connectivity index (χ2n) is 7.40. The SMILES string of the molecule is CC(C)(C)c1ccc(CCNC(=O)c2ccc3sc(CO)nc3c2)cc1. The van der Waals surface area contributed by atoms with E-state index in [1.54, 1.807) is 12.1 Å². The van der Waals surface area contributed by atoms with E-state index in [1.165, 1.54) is 22.5 Å². The third-order valence-electron chi connectivity index (χ3n) is 4.35. The molecular formula is C21H24N2O2S. The number of amides is 1. The summed E-state index contributed by atoms with van der Waals surface area (Å²) in [6.07, 6.45) is 0.795. The normalized spacial score (nSPS) is 11.7. The predicted molar refractivity (Wildman–Crippen MR) is 107 cm³/mol. The van der Waals surface area contributed by atoms with Crippen molar-refractivity contribution in [2.75, 3.05) is 6.54 Å². The number of hydrogen-bond donors (Lipinski definition) is 2. The Morgan fingerprint density at radius 1 is 1.15 bits per heavy atom. The predicted octanol–water partition coefficient (Wildman–Crippen LogP) is 4.06. The van der Waals surface area contributed by atoms with Gasteiger partial charge in [-0.1, -0.05) is 45.0 Å². The number of carbonyl (C=O) groups excluding carboxylic acids is 1. The highest BCUT2D eigenvalue weighted by Gasteiger charge is 2.13. The van der Waals surface area contributed by atoms with Crippen molar-refractivity contribution in [3.8, 4) is 0 Å². The minimum absolute atomic E-state index is 0.0745. The van der Waals surface area contributed by atoms with Gasteiger partial charge in [-0.15, -0.1) is 11.3 Å². The maximum atomic E-state index is 12.4. The van der Waals surface area contributed by atoms with Gasteiger partial charge >= 0.3 is 0 Å². The highest BCUT2D eigenvalue weighted by molar-refractivity contribution is 7.18. The lowest BCUT2D eigenvalue weighted by molar-refractivity contribution is 0.0954. The molecule has 0 saturated heterocycles. The van der Waals surface area contributed by atoms with Gasteiger partial charge in [0.2, 0.25) is 0 Å². The molecule has 0 unspecified atom stereocenters. The summed E-state index contributed by atoms with van der Waals surface area (Å²) in [7, 11) is 0. The Kier molecular flexibility index (Phi) is 5.39. The maximum Gasteiger partial charge on any atom is 0.251 e. The van der Waals surface area contributed by atoms with Crippen molar-refractivity contribution >= 4 is 27.5 Å². The van der Waals surface area contributed by atoms with E-state index in [0.29, 0.717) is 17.1 Å². The molecule has 0 fully saturated rings. The van der Waals surface area contributed by atoms with Gasteiger partial charge in [-0.05, 0) is 41.2 Å². The first-order chi connectivity index (χ1) is 12.4. The molecule has 0 atom stereocenters. The Balaban J connectivity index is 1.58. The van der Waals surface area contributed by atoms with Crippen molar-refractivity contribution in [2.24, 2.45) is 0 Å². The number of aromatic nitrogens is 1. The van der Waals surface area contributed by atoms with Crippen LogP contribution in [0, 0.1) is 0 Å². The van der Waals surface area contributed by atoms with E-state index in [9.17, 15) is 9.90 Å². The third kappa shape index (κ3) is 4.29. The highest BCUT2D eigenvalue weighted by atomic mass is 32.1. The molecule has 0 aliphatic rings. The number of carbonyl (C=O) groups is 1. The van der Waals surface area contributed by atoms with Crippen LogP contribution in [0.15, 0.2) is 42.5 Å². The van der Waals surface area contributed by atoms with Crippen LogP contribution in [-0.4, -0.2) is 22.5 Å². The zero-order valence-electron chi connectivity index (χ0n) is 15.4. The van der Waals surface area contributed by atoms with Crippen LogP contribution in [0.1, 0.15) is 47.3 Å². The van der Waals surface area contributed by atoms with Crippen molar-refractivity contribution in [3.05, 3.63) is 64.2 Å². The van der Waals surface area contributed by atoms with E-state index >= 15 is 0 Å². The van der Waals surface area contributed by atoms with E-state index in [1.807, 2.05) is 6.07 Å². The number of fused-ring (bicyclic) bond motifs is 1.